The zero-order chi connectivity index (χ0) is 12.5. The van der Waals surface area contributed by atoms with E-state index in [0.29, 0.717) is 6.42 Å². The number of rotatable bonds is 5. The number of allylic oxidation sites excluding steroid dienone is 1. The highest BCUT2D eigenvalue weighted by atomic mass is 32.2. The third kappa shape index (κ3) is 24.6. The first-order valence-electron chi connectivity index (χ1n) is 4.46. The highest BCUT2D eigenvalue weighted by Gasteiger charge is 2.06. The van der Waals surface area contributed by atoms with E-state index in [-0.39, 0.29) is 5.78 Å². The van der Waals surface area contributed by atoms with E-state index in [9.17, 15) is 4.79 Å². The summed E-state index contributed by atoms with van der Waals surface area (Å²) in [6.45, 7) is 4.46. The first-order chi connectivity index (χ1) is 6.69. The number of hydrogen-bond donors (Lipinski definition) is 1. The monoisotopic (exact) mass is 237 g/mol. The predicted molar refractivity (Wildman–Crippen MR) is 58.4 cm³/mol. The van der Waals surface area contributed by atoms with Crippen LogP contribution in [0.5, 0.6) is 0 Å². The lowest BCUT2D eigenvalue weighted by molar-refractivity contribution is -0.870. The summed E-state index contributed by atoms with van der Waals surface area (Å²) in [4.78, 5) is 10.8. The van der Waals surface area contributed by atoms with Crippen LogP contribution in [0.25, 0.3) is 0 Å². The van der Waals surface area contributed by atoms with Gasteiger partial charge in [0.15, 0.2) is 5.78 Å². The predicted octanol–water partition coefficient (Wildman–Crippen LogP) is -0.0439. The van der Waals surface area contributed by atoms with E-state index in [1.165, 1.54) is 6.08 Å². The summed E-state index contributed by atoms with van der Waals surface area (Å²) in [6.07, 6.45) is 2.99. The van der Waals surface area contributed by atoms with Crippen molar-refractivity contribution < 1.29 is 22.2 Å². The summed E-state index contributed by atoms with van der Waals surface area (Å²) in [5.74, 6) is 0.151. The zero-order valence-electron chi connectivity index (χ0n) is 9.43. The van der Waals surface area contributed by atoms with Crippen molar-refractivity contribution in [1.82, 2.24) is 0 Å². The zero-order valence-corrected chi connectivity index (χ0v) is 10.3. The Kier molecular flexibility index (Phi) is 9.55. The van der Waals surface area contributed by atoms with Crippen molar-refractivity contribution in [2.24, 2.45) is 0 Å². The molecule has 0 aromatic heterocycles. The van der Waals surface area contributed by atoms with Gasteiger partial charge in [0.25, 0.3) is 0 Å². The minimum atomic E-state index is -3.37. The standard InChI is InChI=1S/C9H18NO.H2O3S/c1-5-9(11)7-6-8-10(2,3)4;1-4(2)3/h5H,1,6-8H2,2-4H3;4H,(H,1,2,3)/q+1;/p-1. The Hall–Kier alpha value is -0.720. The highest BCUT2D eigenvalue weighted by molar-refractivity contribution is 7.66. The lowest BCUT2D eigenvalue weighted by atomic mass is 10.2. The number of ketones is 1. The topological polar surface area (TPSA) is 74.3 Å². The van der Waals surface area contributed by atoms with Gasteiger partial charge in [-0.1, -0.05) is 6.58 Å². The maximum absolute atomic E-state index is 10.8. The number of carbonyl (C=O) groups is 1. The van der Waals surface area contributed by atoms with Gasteiger partial charge in [0.2, 0.25) is 0 Å². The smallest absolute Gasteiger partial charge is 0.155 e. The highest BCUT2D eigenvalue weighted by Crippen LogP contribution is 1.98. The first kappa shape index (κ1) is 16.7. The molecular formula is C9H19NO4S. The Balaban J connectivity index is 0. The summed E-state index contributed by atoms with van der Waals surface area (Å²) >= 11 is 0. The summed E-state index contributed by atoms with van der Waals surface area (Å²) < 4.78 is 26.4. The van der Waals surface area contributed by atoms with Crippen molar-refractivity contribution in [3.8, 4) is 0 Å². The van der Waals surface area contributed by atoms with E-state index in [4.69, 9.17) is 13.0 Å². The van der Waals surface area contributed by atoms with E-state index in [2.05, 4.69) is 27.7 Å². The average Bonchev–Trinajstić information content (AvgIpc) is 2.00. The van der Waals surface area contributed by atoms with Crippen molar-refractivity contribution in [3.05, 3.63) is 12.7 Å². The van der Waals surface area contributed by atoms with Gasteiger partial charge in [0.1, 0.15) is 0 Å². The van der Waals surface area contributed by atoms with Gasteiger partial charge in [0, 0.05) is 12.8 Å². The molecule has 5 nitrogen and oxygen atoms in total. The van der Waals surface area contributed by atoms with Crippen LogP contribution in [-0.2, 0) is 15.8 Å². The van der Waals surface area contributed by atoms with Gasteiger partial charge in [-0.05, 0) is 6.08 Å². The molecule has 0 aromatic rings. The van der Waals surface area contributed by atoms with Crippen molar-refractivity contribution in [2.45, 2.75) is 12.8 Å². The minimum Gasteiger partial charge on any atom is -0.750 e. The van der Waals surface area contributed by atoms with Gasteiger partial charge in [-0.25, -0.2) is 8.42 Å². The number of nitrogens with zero attached hydrogens (tertiary/aromatic N) is 1. The summed E-state index contributed by atoms with van der Waals surface area (Å²) in [6, 6.07) is 0. The summed E-state index contributed by atoms with van der Waals surface area (Å²) in [5.41, 5.74) is 0. The lowest BCUT2D eigenvalue weighted by Crippen LogP contribution is -2.35. The Morgan fingerprint density at radius 2 is 1.80 bits per heavy atom. The normalized spacial score (nSPS) is 10.5. The van der Waals surface area contributed by atoms with E-state index < -0.39 is 11.0 Å². The fraction of sp³-hybridized carbons (Fsp3) is 0.667. The molecule has 0 saturated carbocycles. The molecule has 90 valence electrons. The molecule has 0 fully saturated rings. The number of thiol groups is 1. The van der Waals surface area contributed by atoms with Crippen molar-refractivity contribution >= 4 is 16.8 Å². The number of carbonyl (C=O) groups excluding carboxylic acids is 1. The Bertz CT molecular complexity index is 258. The molecule has 0 aliphatic carbocycles. The molecule has 0 bridgehead atoms. The van der Waals surface area contributed by atoms with Crippen LogP contribution in [0.4, 0.5) is 0 Å². The molecule has 0 aliphatic heterocycles. The molecule has 0 N–H and O–H groups in total. The maximum Gasteiger partial charge on any atom is 0.155 e. The van der Waals surface area contributed by atoms with Gasteiger partial charge in [-0.2, -0.15) is 0 Å². The largest absolute Gasteiger partial charge is 0.750 e. The van der Waals surface area contributed by atoms with Crippen molar-refractivity contribution in [1.29, 1.82) is 0 Å². The van der Waals surface area contributed by atoms with Crippen LogP contribution in [-0.4, -0.2) is 50.9 Å². The van der Waals surface area contributed by atoms with Gasteiger partial charge in [0.05, 0.1) is 38.7 Å². The molecule has 6 heteroatoms. The molecule has 0 atom stereocenters. The molecule has 0 aromatic carbocycles. The molecule has 0 saturated heterocycles. The molecule has 0 heterocycles. The van der Waals surface area contributed by atoms with Gasteiger partial charge in [-0.3, -0.25) is 4.79 Å². The number of hydrogen-bond acceptors (Lipinski definition) is 4. The molecular weight excluding hydrogens is 218 g/mol. The lowest BCUT2D eigenvalue weighted by Gasteiger charge is -2.23. The SMILES string of the molecule is C=CC(=O)CCC[N+](C)(C)C.O=[SH](=O)[O-]. The Morgan fingerprint density at radius 3 is 2.07 bits per heavy atom. The Labute approximate surface area is 92.8 Å². The van der Waals surface area contributed by atoms with Gasteiger partial charge in [-0.15, -0.1) is 0 Å². The molecule has 0 spiro atoms. The van der Waals surface area contributed by atoms with Crippen LogP contribution in [0.3, 0.4) is 0 Å². The second kappa shape index (κ2) is 8.58. The van der Waals surface area contributed by atoms with Crippen molar-refractivity contribution in [2.75, 3.05) is 27.7 Å². The average molecular weight is 237 g/mol. The summed E-state index contributed by atoms with van der Waals surface area (Å²) in [5, 5.41) is 0. The summed E-state index contributed by atoms with van der Waals surface area (Å²) in [7, 11) is 3.00. The molecule has 0 amide bonds. The fourth-order valence-corrected chi connectivity index (χ4v) is 0.830. The second-order valence-corrected chi connectivity index (χ2v) is 4.46. The molecule has 0 unspecified atom stereocenters. The van der Waals surface area contributed by atoms with Crippen molar-refractivity contribution in [3.63, 3.8) is 0 Å². The molecule has 0 aliphatic rings. The minimum absolute atomic E-state index is 0.151. The van der Waals surface area contributed by atoms with E-state index in [0.717, 1.165) is 17.4 Å². The van der Waals surface area contributed by atoms with Crippen LogP contribution in [0.1, 0.15) is 12.8 Å². The van der Waals surface area contributed by atoms with Crippen LogP contribution < -0.4 is 0 Å². The third-order valence-corrected chi connectivity index (χ3v) is 1.48. The van der Waals surface area contributed by atoms with E-state index in [1.807, 2.05) is 0 Å². The quantitative estimate of drug-likeness (QED) is 0.315. The van der Waals surface area contributed by atoms with Gasteiger partial charge >= 0.3 is 0 Å². The maximum atomic E-state index is 10.8. The molecule has 0 rings (SSSR count). The van der Waals surface area contributed by atoms with Crippen LogP contribution in [0.2, 0.25) is 0 Å². The molecule has 15 heavy (non-hydrogen) atoms. The van der Waals surface area contributed by atoms with Crippen LogP contribution >= 0.6 is 0 Å². The van der Waals surface area contributed by atoms with E-state index >= 15 is 0 Å². The number of quaternary nitrogens is 1. The van der Waals surface area contributed by atoms with Gasteiger partial charge < -0.3 is 9.04 Å². The van der Waals surface area contributed by atoms with Crippen LogP contribution in [0.15, 0.2) is 12.7 Å². The fourth-order valence-electron chi connectivity index (χ4n) is 0.830. The third-order valence-electron chi connectivity index (χ3n) is 1.48. The second-order valence-electron chi connectivity index (χ2n) is 4.01. The van der Waals surface area contributed by atoms with Crippen LogP contribution in [0, 0.1) is 0 Å². The van der Waals surface area contributed by atoms with E-state index in [1.54, 1.807) is 0 Å². The first-order valence-corrected chi connectivity index (χ1v) is 5.56. The Morgan fingerprint density at radius 1 is 1.40 bits per heavy atom. The molecule has 0 radical (unpaired) electrons.